The maximum absolute atomic E-state index is 12.5. The summed E-state index contributed by atoms with van der Waals surface area (Å²) in [6, 6.07) is 11.0. The molecule has 178 valence electrons. The molecule has 3 aromatic carbocycles. The summed E-state index contributed by atoms with van der Waals surface area (Å²) in [5.74, 6) is -0.685. The summed E-state index contributed by atoms with van der Waals surface area (Å²) in [7, 11) is 1.33. The zero-order valence-electron chi connectivity index (χ0n) is 17.7. The average Bonchev–Trinajstić information content (AvgIpc) is 2.82. The van der Waals surface area contributed by atoms with Crippen molar-refractivity contribution in [2.75, 3.05) is 7.11 Å². The maximum atomic E-state index is 12.5. The molecule has 0 amide bonds. The van der Waals surface area contributed by atoms with Gasteiger partial charge in [-0.3, -0.25) is 30.3 Å². The molecule has 0 spiro atoms. The molecule has 0 unspecified atom stereocenters. The lowest BCUT2D eigenvalue weighted by Gasteiger charge is -2.10. The number of esters is 1. The van der Waals surface area contributed by atoms with E-state index in [1.807, 2.05) is 0 Å². The third kappa shape index (κ3) is 5.75. The molecule has 0 bridgehead atoms. The second kappa shape index (κ2) is 10.4. The van der Waals surface area contributed by atoms with Crippen LogP contribution in [-0.2, 0) is 0 Å². The lowest BCUT2D eigenvalue weighted by Crippen LogP contribution is -2.10. The Kier molecular flexibility index (Phi) is 7.37. The van der Waals surface area contributed by atoms with Crippen LogP contribution in [0.2, 0.25) is 5.02 Å². The minimum absolute atomic E-state index is 0.0328. The molecule has 0 radical (unpaired) electrons. The molecule has 0 aliphatic carbocycles. The summed E-state index contributed by atoms with van der Waals surface area (Å²) in [5, 5.41) is 32.8. The molecule has 3 aromatic rings. The zero-order chi connectivity index (χ0) is 25.7. The summed E-state index contributed by atoms with van der Waals surface area (Å²) in [4.78, 5) is 43.4. The highest BCUT2D eigenvalue weighted by Gasteiger charge is 2.19. The molecule has 0 saturated carbocycles. The van der Waals surface area contributed by atoms with E-state index < -0.39 is 32.1 Å². The molecule has 12 nitrogen and oxygen atoms in total. The Balaban J connectivity index is 1.85. The first kappa shape index (κ1) is 24.8. The maximum Gasteiger partial charge on any atom is 0.345 e. The minimum atomic E-state index is -0.868. The van der Waals surface area contributed by atoms with Gasteiger partial charge in [0.25, 0.3) is 17.1 Å². The Morgan fingerprint density at radius 2 is 1.49 bits per heavy atom. The van der Waals surface area contributed by atoms with Crippen molar-refractivity contribution >= 4 is 46.8 Å². The predicted octanol–water partition coefficient (Wildman–Crippen LogP) is 5.46. The zero-order valence-corrected chi connectivity index (χ0v) is 18.5. The van der Waals surface area contributed by atoms with Crippen LogP contribution in [0.4, 0.5) is 17.1 Å². The van der Waals surface area contributed by atoms with E-state index in [1.165, 1.54) is 49.6 Å². The molecule has 0 saturated heterocycles. The van der Waals surface area contributed by atoms with Crippen molar-refractivity contribution in [1.29, 1.82) is 0 Å². The van der Waals surface area contributed by atoms with Crippen LogP contribution in [0.3, 0.4) is 0 Å². The first-order chi connectivity index (χ1) is 16.6. The molecule has 3 rings (SSSR count). The monoisotopic (exact) mass is 499 g/mol. The number of carbonyl (C=O) groups is 1. The van der Waals surface area contributed by atoms with Gasteiger partial charge in [-0.1, -0.05) is 23.7 Å². The molecule has 0 fully saturated rings. The molecule has 0 aliphatic rings. The van der Waals surface area contributed by atoms with Crippen LogP contribution < -0.4 is 9.47 Å². The van der Waals surface area contributed by atoms with E-state index in [1.54, 1.807) is 0 Å². The molecule has 0 atom stereocenters. The molecule has 13 heteroatoms. The van der Waals surface area contributed by atoms with Gasteiger partial charge in [-0.05, 0) is 35.9 Å². The Morgan fingerprint density at radius 3 is 2.09 bits per heavy atom. The summed E-state index contributed by atoms with van der Waals surface area (Å²) in [6.07, 6.45) is 2.91. The van der Waals surface area contributed by atoms with E-state index >= 15 is 0 Å². The van der Waals surface area contributed by atoms with Crippen LogP contribution in [0.15, 0.2) is 54.6 Å². The van der Waals surface area contributed by atoms with Gasteiger partial charge in [-0.2, -0.15) is 0 Å². The standard InChI is InChI=1S/C22H14ClN3O9/c1-34-21-10-13(2-4-14-5-6-16(25(30)31)12-19(14)26(32)33)3-9-20(21)35-22(27)17-8-7-15(24(28)29)11-18(17)23/h2-12H,1H3/b4-2+. The fourth-order valence-corrected chi connectivity index (χ4v) is 3.19. The number of nitro groups is 3. The van der Waals surface area contributed by atoms with Crippen molar-refractivity contribution in [2.24, 2.45) is 0 Å². The number of ether oxygens (including phenoxy) is 2. The van der Waals surface area contributed by atoms with Gasteiger partial charge in [0.1, 0.15) is 0 Å². The molecule has 0 aromatic heterocycles. The van der Waals surface area contributed by atoms with Gasteiger partial charge in [0.05, 0.1) is 44.1 Å². The number of rotatable bonds is 8. The first-order valence-electron chi connectivity index (χ1n) is 9.55. The lowest BCUT2D eigenvalue weighted by molar-refractivity contribution is -0.394. The van der Waals surface area contributed by atoms with Gasteiger partial charge in [-0.25, -0.2) is 4.79 Å². The van der Waals surface area contributed by atoms with Crippen LogP contribution >= 0.6 is 11.6 Å². The Labute approximate surface area is 201 Å². The van der Waals surface area contributed by atoms with Crippen molar-refractivity contribution in [3.8, 4) is 11.5 Å². The number of nitrogens with zero attached hydrogens (tertiary/aromatic N) is 3. The number of non-ortho nitro benzene ring substituents is 2. The molecule has 0 aliphatic heterocycles. The fraction of sp³-hybridized carbons (Fsp3) is 0.0455. The van der Waals surface area contributed by atoms with Crippen molar-refractivity contribution in [2.45, 2.75) is 0 Å². The first-order valence-corrected chi connectivity index (χ1v) is 9.93. The Hall–Kier alpha value is -4.84. The van der Waals surface area contributed by atoms with Gasteiger partial charge in [0.2, 0.25) is 0 Å². The predicted molar refractivity (Wildman–Crippen MR) is 125 cm³/mol. The third-order valence-electron chi connectivity index (χ3n) is 4.65. The topological polar surface area (TPSA) is 165 Å². The number of hydrogen-bond donors (Lipinski definition) is 0. The number of benzene rings is 3. The second-order valence-corrected chi connectivity index (χ2v) is 7.22. The lowest BCUT2D eigenvalue weighted by atomic mass is 10.1. The van der Waals surface area contributed by atoms with Gasteiger partial charge in [-0.15, -0.1) is 0 Å². The molecule has 35 heavy (non-hydrogen) atoms. The molecule has 0 heterocycles. The number of carbonyl (C=O) groups excluding carboxylic acids is 1. The van der Waals surface area contributed by atoms with Crippen LogP contribution in [0.25, 0.3) is 12.2 Å². The SMILES string of the molecule is COc1cc(/C=C/c2ccc([N+](=O)[O-])cc2[N+](=O)[O-])ccc1OC(=O)c1ccc([N+](=O)[O-])cc1Cl. The fourth-order valence-electron chi connectivity index (χ4n) is 2.94. The largest absolute Gasteiger partial charge is 0.493 e. The van der Waals surface area contributed by atoms with Gasteiger partial charge >= 0.3 is 5.97 Å². The van der Waals surface area contributed by atoms with E-state index in [4.69, 9.17) is 21.1 Å². The van der Waals surface area contributed by atoms with E-state index in [2.05, 4.69) is 0 Å². The van der Waals surface area contributed by atoms with Crippen molar-refractivity contribution in [1.82, 2.24) is 0 Å². The molecular formula is C22H14ClN3O9. The number of methoxy groups -OCH3 is 1. The quantitative estimate of drug-likeness (QED) is 0.128. The van der Waals surface area contributed by atoms with E-state index in [0.29, 0.717) is 5.56 Å². The van der Waals surface area contributed by atoms with Gasteiger partial charge in [0.15, 0.2) is 11.5 Å². The summed E-state index contributed by atoms with van der Waals surface area (Å²) in [5.41, 5.74) is -0.560. The summed E-state index contributed by atoms with van der Waals surface area (Å²) in [6.45, 7) is 0. The molecular weight excluding hydrogens is 486 g/mol. The molecule has 0 N–H and O–H groups in total. The Morgan fingerprint density at radius 1 is 0.829 bits per heavy atom. The number of hydrogen-bond acceptors (Lipinski definition) is 9. The third-order valence-corrected chi connectivity index (χ3v) is 4.96. The van der Waals surface area contributed by atoms with E-state index in [-0.39, 0.29) is 33.3 Å². The van der Waals surface area contributed by atoms with Gasteiger partial charge < -0.3 is 9.47 Å². The van der Waals surface area contributed by atoms with Crippen LogP contribution in [0.1, 0.15) is 21.5 Å². The van der Waals surface area contributed by atoms with Crippen LogP contribution in [0, 0.1) is 30.3 Å². The highest BCUT2D eigenvalue weighted by Crippen LogP contribution is 2.32. The van der Waals surface area contributed by atoms with Crippen LogP contribution in [-0.4, -0.2) is 27.8 Å². The number of halogens is 1. The summed E-state index contributed by atoms with van der Waals surface area (Å²) >= 11 is 5.96. The second-order valence-electron chi connectivity index (χ2n) is 6.81. The minimum Gasteiger partial charge on any atom is -0.493 e. The average molecular weight is 500 g/mol. The van der Waals surface area contributed by atoms with Crippen molar-refractivity contribution < 1.29 is 29.0 Å². The van der Waals surface area contributed by atoms with E-state index in [0.717, 1.165) is 24.3 Å². The van der Waals surface area contributed by atoms with Crippen molar-refractivity contribution in [3.05, 3.63) is 107 Å². The highest BCUT2D eigenvalue weighted by atomic mass is 35.5. The highest BCUT2D eigenvalue weighted by molar-refractivity contribution is 6.33. The normalized spacial score (nSPS) is 10.7. The van der Waals surface area contributed by atoms with Gasteiger partial charge in [0, 0.05) is 18.2 Å². The van der Waals surface area contributed by atoms with E-state index in [9.17, 15) is 35.1 Å². The van der Waals surface area contributed by atoms with Crippen LogP contribution in [0.5, 0.6) is 11.5 Å². The smallest absolute Gasteiger partial charge is 0.345 e. The number of nitro benzene ring substituents is 3. The van der Waals surface area contributed by atoms with Crippen molar-refractivity contribution in [3.63, 3.8) is 0 Å². The Bertz CT molecular complexity index is 1390. The summed E-state index contributed by atoms with van der Waals surface area (Å²) < 4.78 is 10.6.